The first-order chi connectivity index (χ1) is 15.2. The van der Waals surface area contributed by atoms with Gasteiger partial charge in [0.05, 0.1) is 19.6 Å². The van der Waals surface area contributed by atoms with E-state index in [0.717, 1.165) is 40.0 Å². The van der Waals surface area contributed by atoms with Crippen LogP contribution in [0.25, 0.3) is 0 Å². The Morgan fingerprint density at radius 3 is 2.06 bits per heavy atom. The minimum atomic E-state index is -0.297. The van der Waals surface area contributed by atoms with E-state index in [1.54, 1.807) is 4.90 Å². The number of carbonyl (C=O) groups is 3. The number of nitrogens with one attached hydrogen (secondary N) is 3. The Kier molecular flexibility index (Phi) is 9.40. The van der Waals surface area contributed by atoms with Crippen molar-refractivity contribution in [1.29, 1.82) is 0 Å². The summed E-state index contributed by atoms with van der Waals surface area (Å²) in [5, 5.41) is 8.41. The highest BCUT2D eigenvalue weighted by Crippen LogP contribution is 2.21. The second kappa shape index (κ2) is 12.0. The van der Waals surface area contributed by atoms with Crippen LogP contribution in [0.2, 0.25) is 0 Å². The Hall–Kier alpha value is -3.19. The van der Waals surface area contributed by atoms with Crippen molar-refractivity contribution >= 4 is 29.1 Å². The predicted octanol–water partition coefficient (Wildman–Crippen LogP) is 3.33. The molecule has 3 amide bonds. The minimum Gasteiger partial charge on any atom is -0.346 e. The molecule has 0 heterocycles. The monoisotopic (exact) mass is 438 g/mol. The fourth-order valence-electron chi connectivity index (χ4n) is 3.63. The van der Waals surface area contributed by atoms with Crippen molar-refractivity contribution in [2.75, 3.05) is 36.8 Å². The van der Waals surface area contributed by atoms with Gasteiger partial charge in [0.2, 0.25) is 17.7 Å². The molecular weight excluding hydrogens is 404 g/mol. The van der Waals surface area contributed by atoms with E-state index in [1.807, 2.05) is 71.0 Å². The number of hydrogen-bond acceptors (Lipinski definition) is 4. The molecule has 32 heavy (non-hydrogen) atoms. The number of carbonyl (C=O) groups excluding carboxylic acids is 3. The number of amides is 3. The number of nitrogens with zero attached hydrogens (tertiary/aromatic N) is 1. The minimum absolute atomic E-state index is 0.0465. The topological polar surface area (TPSA) is 90.5 Å². The third-order valence-corrected chi connectivity index (χ3v) is 5.08. The molecule has 0 aliphatic heterocycles. The highest BCUT2D eigenvalue weighted by Gasteiger charge is 2.16. The molecule has 0 aliphatic rings. The first kappa shape index (κ1) is 25.1. The van der Waals surface area contributed by atoms with Crippen LogP contribution in [-0.2, 0) is 14.4 Å². The average molecular weight is 439 g/mol. The van der Waals surface area contributed by atoms with Crippen LogP contribution in [0.4, 0.5) is 11.4 Å². The van der Waals surface area contributed by atoms with E-state index in [2.05, 4.69) is 16.0 Å². The van der Waals surface area contributed by atoms with Crippen molar-refractivity contribution < 1.29 is 14.4 Å². The summed E-state index contributed by atoms with van der Waals surface area (Å²) in [4.78, 5) is 38.9. The summed E-state index contributed by atoms with van der Waals surface area (Å²) in [7, 11) is 0. The van der Waals surface area contributed by atoms with Crippen molar-refractivity contribution in [3.8, 4) is 0 Å². The zero-order chi connectivity index (χ0) is 23.7. The number of aryl methyl sites for hydroxylation is 4. The molecular formula is C25H34N4O3. The maximum Gasteiger partial charge on any atom is 0.243 e. The molecule has 2 aromatic carbocycles. The maximum absolute atomic E-state index is 12.4. The van der Waals surface area contributed by atoms with E-state index >= 15 is 0 Å². The van der Waals surface area contributed by atoms with Gasteiger partial charge < -0.3 is 16.0 Å². The van der Waals surface area contributed by atoms with Gasteiger partial charge in [0, 0.05) is 11.4 Å². The van der Waals surface area contributed by atoms with E-state index < -0.39 is 0 Å². The Bertz CT molecular complexity index is 948. The van der Waals surface area contributed by atoms with Crippen molar-refractivity contribution in [3.63, 3.8) is 0 Å². The van der Waals surface area contributed by atoms with Crippen LogP contribution in [0.15, 0.2) is 36.4 Å². The molecule has 172 valence electrons. The van der Waals surface area contributed by atoms with Gasteiger partial charge >= 0.3 is 0 Å². The third kappa shape index (κ3) is 7.81. The third-order valence-electron chi connectivity index (χ3n) is 5.08. The lowest BCUT2D eigenvalue weighted by Crippen LogP contribution is -2.43. The van der Waals surface area contributed by atoms with Gasteiger partial charge in [0.15, 0.2) is 0 Å². The van der Waals surface area contributed by atoms with Gasteiger partial charge in [0.1, 0.15) is 0 Å². The van der Waals surface area contributed by atoms with E-state index in [4.69, 9.17) is 0 Å². The number of para-hydroxylation sites is 1. The van der Waals surface area contributed by atoms with E-state index in [9.17, 15) is 14.4 Å². The highest BCUT2D eigenvalue weighted by atomic mass is 16.2. The lowest BCUT2D eigenvalue weighted by Gasteiger charge is -2.21. The smallest absolute Gasteiger partial charge is 0.243 e. The Balaban J connectivity index is 1.85. The molecule has 3 N–H and O–H groups in total. The van der Waals surface area contributed by atoms with Crippen molar-refractivity contribution in [3.05, 3.63) is 58.7 Å². The van der Waals surface area contributed by atoms with Crippen LogP contribution in [0, 0.1) is 27.7 Å². The van der Waals surface area contributed by atoms with Crippen LogP contribution in [0.1, 0.15) is 35.6 Å². The summed E-state index contributed by atoms with van der Waals surface area (Å²) < 4.78 is 0. The molecule has 2 rings (SSSR count). The normalized spacial score (nSPS) is 10.7. The molecule has 0 atom stereocenters. The second-order valence-corrected chi connectivity index (χ2v) is 8.17. The molecule has 7 nitrogen and oxygen atoms in total. The lowest BCUT2D eigenvalue weighted by atomic mass is 10.1. The molecule has 2 aromatic rings. The Morgan fingerprint density at radius 2 is 1.44 bits per heavy atom. The zero-order valence-corrected chi connectivity index (χ0v) is 19.7. The summed E-state index contributed by atoms with van der Waals surface area (Å²) in [6.45, 7) is 10.4. The van der Waals surface area contributed by atoms with Gasteiger partial charge in [0.25, 0.3) is 0 Å². The Morgan fingerprint density at radius 1 is 0.812 bits per heavy atom. The number of rotatable bonds is 10. The quantitative estimate of drug-likeness (QED) is 0.531. The molecule has 7 heteroatoms. The lowest BCUT2D eigenvalue weighted by molar-refractivity contribution is -0.125. The fourth-order valence-corrected chi connectivity index (χ4v) is 3.63. The fraction of sp³-hybridized carbons (Fsp3) is 0.400. The summed E-state index contributed by atoms with van der Waals surface area (Å²) in [6.07, 6.45) is 0.803. The summed E-state index contributed by atoms with van der Waals surface area (Å²) in [5.74, 6) is -0.758. The molecule has 0 saturated heterocycles. The number of anilines is 2. The van der Waals surface area contributed by atoms with E-state index in [1.165, 1.54) is 0 Å². The SMILES string of the molecule is CCCN(CC(=O)NCC(=O)Nc1c(C)cc(C)cc1C)CC(=O)Nc1ccccc1C. The van der Waals surface area contributed by atoms with Crippen LogP contribution in [0.3, 0.4) is 0 Å². The van der Waals surface area contributed by atoms with Gasteiger partial charge in [-0.2, -0.15) is 0 Å². The van der Waals surface area contributed by atoms with Crippen molar-refractivity contribution in [2.24, 2.45) is 0 Å². The molecule has 0 saturated carbocycles. The first-order valence-corrected chi connectivity index (χ1v) is 10.9. The largest absolute Gasteiger partial charge is 0.346 e. The van der Waals surface area contributed by atoms with Crippen LogP contribution in [0.5, 0.6) is 0 Å². The zero-order valence-electron chi connectivity index (χ0n) is 19.7. The van der Waals surface area contributed by atoms with Crippen LogP contribution in [-0.4, -0.2) is 48.8 Å². The van der Waals surface area contributed by atoms with Crippen molar-refractivity contribution in [1.82, 2.24) is 10.2 Å². The molecule has 0 aromatic heterocycles. The van der Waals surface area contributed by atoms with E-state index in [0.29, 0.717) is 6.54 Å². The molecule has 0 aliphatic carbocycles. The highest BCUT2D eigenvalue weighted by molar-refractivity contribution is 5.96. The molecule has 0 fully saturated rings. The number of hydrogen-bond donors (Lipinski definition) is 3. The standard InChI is InChI=1S/C25H34N4O3/c1-6-11-29(16-24(32)27-21-10-8-7-9-18(21)3)15-23(31)26-14-22(30)28-25-19(4)12-17(2)13-20(25)5/h7-10,12-13H,6,11,14-16H2,1-5H3,(H,26,31)(H,27,32)(H,28,30). The van der Waals surface area contributed by atoms with E-state index in [-0.39, 0.29) is 37.4 Å². The maximum atomic E-state index is 12.4. The summed E-state index contributed by atoms with van der Waals surface area (Å²) in [5.41, 5.74) is 5.61. The first-order valence-electron chi connectivity index (χ1n) is 10.9. The molecule has 0 spiro atoms. The Labute approximate surface area is 190 Å². The van der Waals surface area contributed by atoms with Gasteiger partial charge in [-0.05, 0) is 63.4 Å². The second-order valence-electron chi connectivity index (χ2n) is 8.17. The molecule has 0 radical (unpaired) electrons. The van der Waals surface area contributed by atoms with Crippen LogP contribution >= 0.6 is 0 Å². The van der Waals surface area contributed by atoms with Gasteiger partial charge in [-0.1, -0.05) is 42.8 Å². The number of benzene rings is 2. The molecule has 0 unspecified atom stereocenters. The summed E-state index contributed by atoms with van der Waals surface area (Å²) >= 11 is 0. The average Bonchev–Trinajstić information content (AvgIpc) is 2.71. The van der Waals surface area contributed by atoms with Gasteiger partial charge in [-0.25, -0.2) is 0 Å². The van der Waals surface area contributed by atoms with Crippen molar-refractivity contribution in [2.45, 2.75) is 41.0 Å². The predicted molar refractivity (Wildman–Crippen MR) is 129 cm³/mol. The summed E-state index contributed by atoms with van der Waals surface area (Å²) in [6, 6.07) is 11.6. The molecule has 0 bridgehead atoms. The van der Waals surface area contributed by atoms with Gasteiger partial charge in [-0.3, -0.25) is 19.3 Å². The van der Waals surface area contributed by atoms with Crippen LogP contribution < -0.4 is 16.0 Å². The van der Waals surface area contributed by atoms with Gasteiger partial charge in [-0.15, -0.1) is 0 Å².